The lowest BCUT2D eigenvalue weighted by molar-refractivity contribution is 0.00958. The van der Waals surface area contributed by atoms with E-state index in [1.807, 2.05) is 0 Å². The van der Waals surface area contributed by atoms with Crippen LogP contribution < -0.4 is 5.32 Å². The predicted octanol–water partition coefficient (Wildman–Crippen LogP) is 1.23. The number of ether oxygens (including phenoxy) is 2. The number of hydrogen-bond acceptors (Lipinski definition) is 5. The molecule has 0 aromatic carbocycles. The number of sulfone groups is 1. The third-order valence-corrected chi connectivity index (χ3v) is 5.93. The average Bonchev–Trinajstić information content (AvgIpc) is 2.45. The van der Waals surface area contributed by atoms with Crippen LogP contribution in [0.25, 0.3) is 0 Å². The van der Waals surface area contributed by atoms with Gasteiger partial charge in [0, 0.05) is 39.2 Å². The van der Waals surface area contributed by atoms with E-state index in [0.29, 0.717) is 12.4 Å². The number of methoxy groups -OCH3 is 1. The molecule has 120 valence electrons. The molecule has 1 aliphatic rings. The second-order valence-electron chi connectivity index (χ2n) is 5.62. The summed E-state index contributed by atoms with van der Waals surface area (Å²) in [6.45, 7) is 5.75. The average molecular weight is 307 g/mol. The maximum absolute atomic E-state index is 11.6. The van der Waals surface area contributed by atoms with Gasteiger partial charge in [-0.2, -0.15) is 0 Å². The summed E-state index contributed by atoms with van der Waals surface area (Å²) in [5, 5.41) is 3.43. The van der Waals surface area contributed by atoms with Gasteiger partial charge in [0.25, 0.3) is 0 Å². The van der Waals surface area contributed by atoms with Crippen molar-refractivity contribution in [3.8, 4) is 0 Å². The number of nitrogens with one attached hydrogen (secondary N) is 1. The molecule has 1 N–H and O–H groups in total. The first-order chi connectivity index (χ1) is 9.54. The maximum Gasteiger partial charge on any atom is 0.150 e. The Kier molecular flexibility index (Phi) is 8.02. The molecule has 0 unspecified atom stereocenters. The van der Waals surface area contributed by atoms with Crippen molar-refractivity contribution in [1.82, 2.24) is 5.32 Å². The highest BCUT2D eigenvalue weighted by Crippen LogP contribution is 2.34. The fourth-order valence-electron chi connectivity index (χ4n) is 2.66. The minimum absolute atomic E-state index is 0.190. The molecule has 0 bridgehead atoms. The molecular weight excluding hydrogens is 278 g/mol. The summed E-state index contributed by atoms with van der Waals surface area (Å²) in [6, 6.07) is 0. The molecule has 0 atom stereocenters. The van der Waals surface area contributed by atoms with Crippen LogP contribution in [0.15, 0.2) is 0 Å². The molecule has 0 saturated carbocycles. The van der Waals surface area contributed by atoms with Crippen molar-refractivity contribution < 1.29 is 17.9 Å². The Morgan fingerprint density at radius 3 is 2.60 bits per heavy atom. The molecule has 0 radical (unpaired) electrons. The van der Waals surface area contributed by atoms with Gasteiger partial charge in [0.2, 0.25) is 0 Å². The zero-order valence-electron chi connectivity index (χ0n) is 12.8. The van der Waals surface area contributed by atoms with Crippen LogP contribution in [0.3, 0.4) is 0 Å². The summed E-state index contributed by atoms with van der Waals surface area (Å²) in [5.74, 6) is 0.555. The smallest absolute Gasteiger partial charge is 0.150 e. The van der Waals surface area contributed by atoms with Crippen LogP contribution in [-0.2, 0) is 19.3 Å². The third kappa shape index (κ3) is 6.52. The lowest BCUT2D eigenvalue weighted by Crippen LogP contribution is -2.40. The topological polar surface area (TPSA) is 64.6 Å². The fraction of sp³-hybridized carbons (Fsp3) is 1.00. The monoisotopic (exact) mass is 307 g/mol. The third-order valence-electron chi connectivity index (χ3n) is 4.14. The Morgan fingerprint density at radius 2 is 2.00 bits per heavy atom. The number of rotatable bonds is 10. The van der Waals surface area contributed by atoms with E-state index in [-0.39, 0.29) is 11.2 Å². The van der Waals surface area contributed by atoms with Gasteiger partial charge in [-0.15, -0.1) is 0 Å². The van der Waals surface area contributed by atoms with E-state index in [0.717, 1.165) is 52.0 Å². The second-order valence-corrected chi connectivity index (χ2v) is 8.09. The van der Waals surface area contributed by atoms with Crippen LogP contribution in [-0.4, -0.2) is 59.9 Å². The molecule has 0 aromatic rings. The molecule has 5 nitrogen and oxygen atoms in total. The molecule has 6 heteroatoms. The van der Waals surface area contributed by atoms with Gasteiger partial charge in [0.15, 0.2) is 0 Å². The molecule has 0 aliphatic carbocycles. The van der Waals surface area contributed by atoms with Gasteiger partial charge in [-0.3, -0.25) is 0 Å². The van der Waals surface area contributed by atoms with Gasteiger partial charge < -0.3 is 14.8 Å². The van der Waals surface area contributed by atoms with E-state index in [2.05, 4.69) is 5.32 Å². The summed E-state index contributed by atoms with van der Waals surface area (Å²) in [5.41, 5.74) is 0.190. The molecule has 1 rings (SSSR count). The van der Waals surface area contributed by atoms with E-state index in [9.17, 15) is 8.42 Å². The molecule has 1 fully saturated rings. The normalized spacial score (nSPS) is 19.1. The Morgan fingerprint density at radius 1 is 1.30 bits per heavy atom. The van der Waals surface area contributed by atoms with Gasteiger partial charge in [0.05, 0.1) is 12.4 Å². The zero-order chi connectivity index (χ0) is 14.9. The molecule has 0 spiro atoms. The lowest BCUT2D eigenvalue weighted by atomic mass is 9.76. The van der Waals surface area contributed by atoms with Crippen molar-refractivity contribution in [1.29, 1.82) is 0 Å². The summed E-state index contributed by atoms with van der Waals surface area (Å²) in [4.78, 5) is 0. The summed E-state index contributed by atoms with van der Waals surface area (Å²) in [6.07, 6.45) is 3.73. The van der Waals surface area contributed by atoms with Gasteiger partial charge in [-0.05, 0) is 31.1 Å². The minimum Gasteiger partial charge on any atom is -0.383 e. The second kappa shape index (κ2) is 8.97. The van der Waals surface area contributed by atoms with Crippen LogP contribution in [0.4, 0.5) is 0 Å². The van der Waals surface area contributed by atoms with Crippen LogP contribution >= 0.6 is 0 Å². The van der Waals surface area contributed by atoms with E-state index >= 15 is 0 Å². The Bertz CT molecular complexity index is 350. The summed E-state index contributed by atoms with van der Waals surface area (Å²) >= 11 is 0. The number of hydrogen-bond donors (Lipinski definition) is 1. The molecule has 1 saturated heterocycles. The lowest BCUT2D eigenvalue weighted by Gasteiger charge is -2.37. The minimum atomic E-state index is -2.85. The Labute approximate surface area is 123 Å². The first kappa shape index (κ1) is 17.9. The fourth-order valence-corrected chi connectivity index (χ4v) is 3.53. The molecular formula is C14H29NO4S. The van der Waals surface area contributed by atoms with Crippen molar-refractivity contribution in [3.05, 3.63) is 0 Å². The summed E-state index contributed by atoms with van der Waals surface area (Å²) in [7, 11) is -1.15. The van der Waals surface area contributed by atoms with Crippen molar-refractivity contribution in [2.24, 2.45) is 5.41 Å². The molecule has 1 aliphatic heterocycles. The molecule has 1 heterocycles. The SMILES string of the molecule is CCS(=O)(=O)CCCC1(CNCCOC)CCOCC1. The van der Waals surface area contributed by atoms with E-state index in [4.69, 9.17) is 9.47 Å². The van der Waals surface area contributed by atoms with Crippen molar-refractivity contribution >= 4 is 9.84 Å². The predicted molar refractivity (Wildman–Crippen MR) is 80.8 cm³/mol. The first-order valence-corrected chi connectivity index (χ1v) is 9.33. The highest BCUT2D eigenvalue weighted by atomic mass is 32.2. The van der Waals surface area contributed by atoms with Crippen molar-refractivity contribution in [2.45, 2.75) is 32.6 Å². The van der Waals surface area contributed by atoms with E-state index in [1.165, 1.54) is 0 Å². The van der Waals surface area contributed by atoms with Gasteiger partial charge in [0.1, 0.15) is 9.84 Å². The molecule has 0 aromatic heterocycles. The maximum atomic E-state index is 11.6. The van der Waals surface area contributed by atoms with Crippen LogP contribution in [0, 0.1) is 5.41 Å². The highest BCUT2D eigenvalue weighted by molar-refractivity contribution is 7.91. The molecule has 0 amide bonds. The van der Waals surface area contributed by atoms with Gasteiger partial charge >= 0.3 is 0 Å². The Balaban J connectivity index is 2.42. The Hall–Kier alpha value is -0.170. The molecule has 20 heavy (non-hydrogen) atoms. The van der Waals surface area contributed by atoms with Gasteiger partial charge in [-0.25, -0.2) is 8.42 Å². The quantitative estimate of drug-likeness (QED) is 0.615. The highest BCUT2D eigenvalue weighted by Gasteiger charge is 2.32. The summed E-state index contributed by atoms with van der Waals surface area (Å²) < 4.78 is 33.7. The van der Waals surface area contributed by atoms with Crippen LogP contribution in [0.5, 0.6) is 0 Å². The van der Waals surface area contributed by atoms with Crippen molar-refractivity contribution in [3.63, 3.8) is 0 Å². The standard InChI is InChI=1S/C14H29NO4S/c1-3-20(16,17)12-4-5-14(6-9-19-10-7-14)13-15-8-11-18-2/h15H,3-13H2,1-2H3. The van der Waals surface area contributed by atoms with Gasteiger partial charge in [-0.1, -0.05) is 6.92 Å². The van der Waals surface area contributed by atoms with E-state index < -0.39 is 9.84 Å². The van der Waals surface area contributed by atoms with Crippen molar-refractivity contribution in [2.75, 3.05) is 51.5 Å². The van der Waals surface area contributed by atoms with E-state index in [1.54, 1.807) is 14.0 Å². The zero-order valence-corrected chi connectivity index (χ0v) is 13.6. The largest absolute Gasteiger partial charge is 0.383 e. The van der Waals surface area contributed by atoms with Crippen LogP contribution in [0.1, 0.15) is 32.6 Å². The first-order valence-electron chi connectivity index (χ1n) is 7.51. The van der Waals surface area contributed by atoms with Crippen LogP contribution in [0.2, 0.25) is 0 Å².